The van der Waals surface area contributed by atoms with E-state index in [2.05, 4.69) is 24.8 Å². The van der Waals surface area contributed by atoms with Crippen LogP contribution in [0, 0.1) is 5.82 Å². The molecule has 6 heterocycles. The van der Waals surface area contributed by atoms with Gasteiger partial charge in [-0.3, -0.25) is 9.36 Å². The van der Waals surface area contributed by atoms with Gasteiger partial charge in [-0.05, 0) is 64.2 Å². The van der Waals surface area contributed by atoms with Crippen LogP contribution in [0.4, 0.5) is 16.0 Å². The lowest BCUT2D eigenvalue weighted by molar-refractivity contribution is 0.0695. The molecule has 0 saturated carbocycles. The maximum atomic E-state index is 15.8. The molecule has 2 aliphatic heterocycles. The van der Waals surface area contributed by atoms with E-state index in [1.807, 2.05) is 32.0 Å². The third kappa shape index (κ3) is 5.25. The number of nitrogens with zero attached hydrogens (tertiary/aromatic N) is 7. The van der Waals surface area contributed by atoms with Crippen molar-refractivity contribution < 1.29 is 19.0 Å². The minimum atomic E-state index is -1.41. The molecule has 0 aromatic carbocycles. The Kier molecular flexibility index (Phi) is 7.43. The Morgan fingerprint density at radius 3 is 2.72 bits per heavy atom. The van der Waals surface area contributed by atoms with Gasteiger partial charge in [0.15, 0.2) is 17.3 Å². The van der Waals surface area contributed by atoms with Gasteiger partial charge in [-0.15, -0.1) is 0 Å². The predicted octanol–water partition coefficient (Wildman–Crippen LogP) is 3.85. The van der Waals surface area contributed by atoms with E-state index in [1.54, 1.807) is 30.6 Å². The van der Waals surface area contributed by atoms with E-state index in [9.17, 15) is 14.7 Å². The molecule has 4 aromatic heterocycles. The summed E-state index contributed by atoms with van der Waals surface area (Å²) in [5.74, 6) is -1.04. The summed E-state index contributed by atoms with van der Waals surface area (Å²) in [4.78, 5) is 44.7. The minimum absolute atomic E-state index is 0.0410. The van der Waals surface area contributed by atoms with Gasteiger partial charge in [0.25, 0.3) is 0 Å². The predicted molar refractivity (Wildman–Crippen MR) is 161 cm³/mol. The molecule has 0 spiro atoms. The van der Waals surface area contributed by atoms with Crippen LogP contribution in [-0.4, -0.2) is 87.4 Å². The average molecular weight is 608 g/mol. The first-order valence-electron chi connectivity index (χ1n) is 13.9. The second-order valence-electron chi connectivity index (χ2n) is 11.4. The highest BCUT2D eigenvalue weighted by Crippen LogP contribution is 2.36. The molecular formula is C30H31ClFN7O4. The van der Waals surface area contributed by atoms with Gasteiger partial charge in [0.2, 0.25) is 11.3 Å². The zero-order valence-electron chi connectivity index (χ0n) is 24.0. The van der Waals surface area contributed by atoms with E-state index in [1.165, 1.54) is 10.8 Å². The van der Waals surface area contributed by atoms with Crippen molar-refractivity contribution in [2.45, 2.75) is 31.3 Å². The fraction of sp³-hybridized carbons (Fsp3) is 0.367. The highest BCUT2D eigenvalue weighted by molar-refractivity contribution is 6.31. The molecule has 2 aliphatic rings. The number of aromatic carboxylic acids is 1. The van der Waals surface area contributed by atoms with Gasteiger partial charge in [0.05, 0.1) is 22.8 Å². The zero-order valence-corrected chi connectivity index (χ0v) is 24.8. The number of hydrogen-bond donors (Lipinski definition) is 1. The van der Waals surface area contributed by atoms with Crippen LogP contribution in [0.2, 0.25) is 5.02 Å². The highest BCUT2D eigenvalue weighted by atomic mass is 35.5. The summed E-state index contributed by atoms with van der Waals surface area (Å²) >= 11 is 6.22. The standard InChI is InChI=1S/C30H31ClFN7O4/c1-30(17-43-28-22(31)6-4-10-33-28)9-5-11-39(30)27-23(32)12-20-25(40)21(29(41)42)16-38(26(20)35-27)18-7-8-24(34-13-18)37-14-19(15-37)36(2)3/h4,6-8,10,12-13,16,19H,5,9,11,14-15,17H2,1-3H3,(H,41,42)/t30-/m1/s1. The Morgan fingerprint density at radius 1 is 1.26 bits per heavy atom. The van der Waals surface area contributed by atoms with Crippen LogP contribution >= 0.6 is 11.6 Å². The Labute approximate surface area is 252 Å². The summed E-state index contributed by atoms with van der Waals surface area (Å²) in [7, 11) is 4.08. The minimum Gasteiger partial charge on any atom is -0.477 e. The highest BCUT2D eigenvalue weighted by Gasteiger charge is 2.40. The lowest BCUT2D eigenvalue weighted by atomic mass is 10.00. The lowest BCUT2D eigenvalue weighted by Crippen LogP contribution is -2.57. The Hall–Kier alpha value is -4.29. The smallest absolute Gasteiger partial charge is 0.341 e. The van der Waals surface area contributed by atoms with Gasteiger partial charge in [-0.25, -0.2) is 24.1 Å². The third-order valence-corrected chi connectivity index (χ3v) is 8.61. The Bertz CT molecular complexity index is 1760. The summed E-state index contributed by atoms with van der Waals surface area (Å²) in [6, 6.07) is 8.53. The molecule has 1 N–H and O–H groups in total. The molecule has 0 bridgehead atoms. The largest absolute Gasteiger partial charge is 0.477 e. The van der Waals surface area contributed by atoms with Crippen LogP contribution in [0.5, 0.6) is 5.88 Å². The van der Waals surface area contributed by atoms with Crippen molar-refractivity contribution in [3.05, 3.63) is 75.5 Å². The van der Waals surface area contributed by atoms with Gasteiger partial charge in [-0.1, -0.05) is 11.6 Å². The van der Waals surface area contributed by atoms with Gasteiger partial charge in [0.1, 0.15) is 23.0 Å². The van der Waals surface area contributed by atoms with E-state index < -0.39 is 28.3 Å². The molecule has 1 atom stereocenters. The van der Waals surface area contributed by atoms with Crippen molar-refractivity contribution >= 4 is 40.2 Å². The normalized spacial score (nSPS) is 18.8. The summed E-state index contributed by atoms with van der Waals surface area (Å²) in [5.41, 5.74) is -1.34. The van der Waals surface area contributed by atoms with E-state index in [4.69, 9.17) is 16.3 Å². The number of pyridine rings is 4. The molecule has 11 nitrogen and oxygen atoms in total. The van der Waals surface area contributed by atoms with Crippen molar-refractivity contribution in [3.63, 3.8) is 0 Å². The topological polar surface area (TPSA) is 117 Å². The second-order valence-corrected chi connectivity index (χ2v) is 11.8. The number of aromatic nitrogens is 4. The Morgan fingerprint density at radius 2 is 2.05 bits per heavy atom. The van der Waals surface area contributed by atoms with Crippen LogP contribution in [0.1, 0.15) is 30.1 Å². The quantitative estimate of drug-likeness (QED) is 0.316. The van der Waals surface area contributed by atoms with Gasteiger partial charge in [0, 0.05) is 38.1 Å². The molecular weight excluding hydrogens is 577 g/mol. The maximum Gasteiger partial charge on any atom is 0.341 e. The van der Waals surface area contributed by atoms with E-state index >= 15 is 4.39 Å². The number of halogens is 2. The molecule has 13 heteroatoms. The maximum absolute atomic E-state index is 15.8. The van der Waals surface area contributed by atoms with Crippen LogP contribution in [-0.2, 0) is 0 Å². The average Bonchev–Trinajstić information content (AvgIpc) is 3.33. The lowest BCUT2D eigenvalue weighted by Gasteiger charge is -2.43. The molecule has 6 rings (SSSR count). The first-order chi connectivity index (χ1) is 20.6. The molecule has 43 heavy (non-hydrogen) atoms. The number of ether oxygens (including phenoxy) is 1. The molecule has 4 aromatic rings. The second kappa shape index (κ2) is 11.1. The SMILES string of the molecule is CN(C)C1CN(c2ccc(-n3cc(C(=O)O)c(=O)c4cc(F)c(N5CCC[C@]5(C)COc5ncccc5Cl)nc43)cn2)C1. The summed E-state index contributed by atoms with van der Waals surface area (Å²) in [6.45, 7) is 4.31. The molecule has 224 valence electrons. The van der Waals surface area contributed by atoms with Crippen molar-refractivity contribution in [3.8, 4) is 11.6 Å². The van der Waals surface area contributed by atoms with E-state index in [0.29, 0.717) is 29.7 Å². The number of carboxylic acid groups (broad SMARTS) is 1. The fourth-order valence-corrected chi connectivity index (χ4v) is 5.84. The number of fused-ring (bicyclic) bond motifs is 1. The number of anilines is 2. The Balaban J connectivity index is 1.39. The van der Waals surface area contributed by atoms with Gasteiger partial charge >= 0.3 is 5.97 Å². The van der Waals surface area contributed by atoms with Gasteiger partial charge < -0.3 is 24.5 Å². The van der Waals surface area contributed by atoms with E-state index in [-0.39, 0.29) is 29.3 Å². The van der Waals surface area contributed by atoms with Crippen LogP contribution < -0.4 is 20.0 Å². The van der Waals surface area contributed by atoms with Crippen molar-refractivity contribution in [2.75, 3.05) is 50.1 Å². The molecule has 0 unspecified atom stereocenters. The van der Waals surface area contributed by atoms with Crippen LogP contribution in [0.3, 0.4) is 0 Å². The van der Waals surface area contributed by atoms with Gasteiger partial charge in [-0.2, -0.15) is 0 Å². The van der Waals surface area contributed by atoms with Crippen molar-refractivity contribution in [2.24, 2.45) is 0 Å². The van der Waals surface area contributed by atoms with E-state index in [0.717, 1.165) is 31.4 Å². The molecule has 0 aliphatic carbocycles. The molecule has 0 amide bonds. The summed E-state index contributed by atoms with van der Waals surface area (Å²) < 4.78 is 23.2. The number of hydrogen-bond acceptors (Lipinski definition) is 9. The number of rotatable bonds is 8. The number of likely N-dealkylation sites (N-methyl/N-ethyl adjacent to an activating group) is 1. The molecule has 2 saturated heterocycles. The first kappa shape index (κ1) is 28.8. The third-order valence-electron chi connectivity index (χ3n) is 8.32. The van der Waals surface area contributed by atoms with Crippen molar-refractivity contribution in [1.29, 1.82) is 0 Å². The van der Waals surface area contributed by atoms with Crippen LogP contribution in [0.25, 0.3) is 16.7 Å². The van der Waals surface area contributed by atoms with Crippen LogP contribution in [0.15, 0.2) is 53.7 Å². The zero-order chi connectivity index (χ0) is 30.5. The number of carbonyl (C=O) groups is 1. The number of carboxylic acids is 1. The fourth-order valence-electron chi connectivity index (χ4n) is 5.67. The molecule has 2 fully saturated rings. The summed E-state index contributed by atoms with van der Waals surface area (Å²) in [5, 5.41) is 10.0. The summed E-state index contributed by atoms with van der Waals surface area (Å²) in [6.07, 6.45) is 5.85. The monoisotopic (exact) mass is 607 g/mol. The first-order valence-corrected chi connectivity index (χ1v) is 14.3. The molecule has 0 radical (unpaired) electrons. The van der Waals surface area contributed by atoms with Crippen molar-refractivity contribution in [1.82, 2.24) is 24.4 Å².